The van der Waals surface area contributed by atoms with Crippen molar-refractivity contribution in [3.05, 3.63) is 21.7 Å². The molecule has 0 spiro atoms. The van der Waals surface area contributed by atoms with Crippen molar-refractivity contribution in [2.45, 2.75) is 6.54 Å². The van der Waals surface area contributed by atoms with Gasteiger partial charge in [-0.25, -0.2) is 14.6 Å². The average molecular weight is 335 g/mol. The van der Waals surface area contributed by atoms with Gasteiger partial charge in [0.2, 0.25) is 9.74 Å². The molecule has 15 heavy (non-hydrogen) atoms. The molecule has 0 fully saturated rings. The van der Waals surface area contributed by atoms with Crippen LogP contribution < -0.4 is 5.32 Å². The number of anilines is 1. The monoisotopic (exact) mass is 335 g/mol. The van der Waals surface area contributed by atoms with Gasteiger partial charge >= 0.3 is 0 Å². The lowest BCUT2D eigenvalue weighted by molar-refractivity contribution is -0.116. The number of carbonyl (C=O) groups is 1. The lowest BCUT2D eigenvalue weighted by atomic mass is 10.6. The first kappa shape index (κ1) is 10.5. The third kappa shape index (κ3) is 2.96. The Morgan fingerprint density at radius 1 is 1.60 bits per heavy atom. The standard InChI is InChI=1S/C7H6IN5OS/c8-6-10-4-13(12-6)3-5(14)11-7-9-1-2-15-7/h1-2,4H,3H2,(H,9,11,14). The topological polar surface area (TPSA) is 72.7 Å². The quantitative estimate of drug-likeness (QED) is 0.849. The largest absolute Gasteiger partial charge is 0.300 e. The highest BCUT2D eigenvalue weighted by molar-refractivity contribution is 14.1. The molecule has 2 aromatic rings. The van der Waals surface area contributed by atoms with Crippen LogP contribution in [0.5, 0.6) is 0 Å². The van der Waals surface area contributed by atoms with Crippen LogP contribution in [0.4, 0.5) is 5.13 Å². The predicted octanol–water partition coefficient (Wildman–Crippen LogP) is 0.978. The minimum absolute atomic E-state index is 0.148. The summed E-state index contributed by atoms with van der Waals surface area (Å²) in [6.45, 7) is 0.148. The predicted molar refractivity (Wildman–Crippen MR) is 63.5 cm³/mol. The van der Waals surface area contributed by atoms with Crippen LogP contribution in [0.25, 0.3) is 0 Å². The maximum atomic E-state index is 11.5. The molecule has 0 bridgehead atoms. The molecule has 0 aliphatic rings. The van der Waals surface area contributed by atoms with Gasteiger partial charge in [-0.05, 0) is 0 Å². The van der Waals surface area contributed by atoms with Gasteiger partial charge < -0.3 is 5.32 Å². The maximum absolute atomic E-state index is 11.5. The number of carbonyl (C=O) groups excluding carboxylic acids is 1. The molecule has 2 aromatic heterocycles. The third-order valence-corrected chi connectivity index (χ3v) is 2.68. The van der Waals surface area contributed by atoms with Crippen molar-refractivity contribution < 1.29 is 4.79 Å². The van der Waals surface area contributed by atoms with Crippen LogP contribution in [0.3, 0.4) is 0 Å². The fourth-order valence-electron chi connectivity index (χ4n) is 0.939. The number of hydrogen-bond acceptors (Lipinski definition) is 5. The zero-order valence-electron chi connectivity index (χ0n) is 7.42. The van der Waals surface area contributed by atoms with E-state index in [-0.39, 0.29) is 12.5 Å². The van der Waals surface area contributed by atoms with Gasteiger partial charge in [0.25, 0.3) is 0 Å². The van der Waals surface area contributed by atoms with E-state index in [1.807, 2.05) is 22.6 Å². The number of halogens is 1. The first-order valence-electron chi connectivity index (χ1n) is 3.98. The molecule has 78 valence electrons. The third-order valence-electron chi connectivity index (χ3n) is 1.49. The number of amides is 1. The molecule has 6 nitrogen and oxygen atoms in total. The molecule has 0 aliphatic heterocycles. The van der Waals surface area contributed by atoms with E-state index in [0.29, 0.717) is 8.96 Å². The SMILES string of the molecule is O=C(Cn1cnc(I)n1)Nc1nccs1. The highest BCUT2D eigenvalue weighted by Gasteiger charge is 2.06. The minimum atomic E-state index is -0.161. The summed E-state index contributed by atoms with van der Waals surface area (Å²) < 4.78 is 2.10. The van der Waals surface area contributed by atoms with E-state index >= 15 is 0 Å². The molecular formula is C7H6IN5OS. The van der Waals surface area contributed by atoms with Crippen molar-refractivity contribution in [1.29, 1.82) is 0 Å². The van der Waals surface area contributed by atoms with E-state index in [1.54, 1.807) is 11.6 Å². The van der Waals surface area contributed by atoms with Crippen LogP contribution in [0.2, 0.25) is 0 Å². The molecule has 8 heteroatoms. The lowest BCUT2D eigenvalue weighted by Gasteiger charge is -2.00. The highest BCUT2D eigenvalue weighted by atomic mass is 127. The number of rotatable bonds is 3. The fourth-order valence-corrected chi connectivity index (χ4v) is 1.89. The van der Waals surface area contributed by atoms with E-state index in [4.69, 9.17) is 0 Å². The number of nitrogens with zero attached hydrogens (tertiary/aromatic N) is 4. The van der Waals surface area contributed by atoms with Crippen molar-refractivity contribution in [1.82, 2.24) is 19.7 Å². The van der Waals surface area contributed by atoms with Gasteiger partial charge in [0.15, 0.2) is 5.13 Å². The second-order valence-corrected chi connectivity index (χ2v) is 4.46. The highest BCUT2D eigenvalue weighted by Crippen LogP contribution is 2.09. The summed E-state index contributed by atoms with van der Waals surface area (Å²) in [5, 5.41) is 9.04. The van der Waals surface area contributed by atoms with Gasteiger partial charge in [0.05, 0.1) is 0 Å². The molecule has 0 aromatic carbocycles. The zero-order valence-corrected chi connectivity index (χ0v) is 10.4. The van der Waals surface area contributed by atoms with Crippen LogP contribution in [0.15, 0.2) is 17.9 Å². The summed E-state index contributed by atoms with van der Waals surface area (Å²) in [6, 6.07) is 0. The Bertz CT molecular complexity index is 454. The minimum Gasteiger partial charge on any atom is -0.300 e. The normalized spacial score (nSPS) is 10.2. The van der Waals surface area contributed by atoms with E-state index in [9.17, 15) is 4.79 Å². The zero-order chi connectivity index (χ0) is 10.7. The Labute approximate surface area is 103 Å². The first-order chi connectivity index (χ1) is 7.24. The lowest BCUT2D eigenvalue weighted by Crippen LogP contribution is -2.18. The molecular weight excluding hydrogens is 329 g/mol. The second kappa shape index (κ2) is 4.66. The van der Waals surface area contributed by atoms with Crippen molar-refractivity contribution in [2.75, 3.05) is 5.32 Å². The Kier molecular flexibility index (Phi) is 3.26. The van der Waals surface area contributed by atoms with Gasteiger partial charge in [-0.3, -0.25) is 4.79 Å². The summed E-state index contributed by atoms with van der Waals surface area (Å²) in [6.07, 6.45) is 3.15. The van der Waals surface area contributed by atoms with Crippen LogP contribution in [-0.2, 0) is 11.3 Å². The molecule has 1 N–H and O–H groups in total. The molecule has 0 radical (unpaired) electrons. The van der Waals surface area contributed by atoms with Gasteiger partial charge in [-0.2, -0.15) is 0 Å². The van der Waals surface area contributed by atoms with E-state index in [1.165, 1.54) is 22.3 Å². The fraction of sp³-hybridized carbons (Fsp3) is 0.143. The van der Waals surface area contributed by atoms with E-state index in [0.717, 1.165) is 0 Å². The summed E-state index contributed by atoms with van der Waals surface area (Å²) in [5.41, 5.74) is 0. The maximum Gasteiger partial charge on any atom is 0.247 e. The molecule has 1 amide bonds. The number of nitrogens with one attached hydrogen (secondary N) is 1. The van der Waals surface area contributed by atoms with Crippen LogP contribution in [0.1, 0.15) is 0 Å². The molecule has 0 saturated heterocycles. The van der Waals surface area contributed by atoms with E-state index in [2.05, 4.69) is 20.4 Å². The number of hydrogen-bond donors (Lipinski definition) is 1. The first-order valence-corrected chi connectivity index (χ1v) is 5.94. The Morgan fingerprint density at radius 3 is 3.07 bits per heavy atom. The molecule has 2 heterocycles. The number of thiazole rings is 1. The molecule has 0 unspecified atom stereocenters. The second-order valence-electron chi connectivity index (χ2n) is 2.60. The summed E-state index contributed by atoms with van der Waals surface area (Å²) >= 11 is 3.36. The van der Waals surface area contributed by atoms with E-state index < -0.39 is 0 Å². The van der Waals surface area contributed by atoms with Gasteiger partial charge in [0, 0.05) is 34.2 Å². The van der Waals surface area contributed by atoms with Gasteiger partial charge in [-0.1, -0.05) is 0 Å². The van der Waals surface area contributed by atoms with Gasteiger partial charge in [-0.15, -0.1) is 16.4 Å². The Balaban J connectivity index is 1.93. The van der Waals surface area contributed by atoms with Crippen molar-refractivity contribution in [3.63, 3.8) is 0 Å². The van der Waals surface area contributed by atoms with Crippen LogP contribution in [-0.4, -0.2) is 25.7 Å². The van der Waals surface area contributed by atoms with Crippen molar-refractivity contribution in [3.8, 4) is 0 Å². The average Bonchev–Trinajstić information content (AvgIpc) is 2.77. The molecule has 0 atom stereocenters. The number of aromatic nitrogens is 4. The smallest absolute Gasteiger partial charge is 0.247 e. The van der Waals surface area contributed by atoms with Crippen LogP contribution >= 0.6 is 33.9 Å². The summed E-state index contributed by atoms with van der Waals surface area (Å²) in [5.74, 6) is -0.161. The van der Waals surface area contributed by atoms with Crippen molar-refractivity contribution >= 4 is 45.0 Å². The van der Waals surface area contributed by atoms with Crippen LogP contribution in [0, 0.1) is 3.83 Å². The molecule has 0 saturated carbocycles. The Hall–Kier alpha value is -1.03. The molecule has 2 rings (SSSR count). The molecule has 0 aliphatic carbocycles. The Morgan fingerprint density at radius 2 is 2.47 bits per heavy atom. The van der Waals surface area contributed by atoms with Gasteiger partial charge in [0.1, 0.15) is 12.9 Å². The summed E-state index contributed by atoms with van der Waals surface area (Å²) in [7, 11) is 0. The van der Waals surface area contributed by atoms with Crippen molar-refractivity contribution in [2.24, 2.45) is 0 Å². The summed E-state index contributed by atoms with van der Waals surface area (Å²) in [4.78, 5) is 19.3.